The van der Waals surface area contributed by atoms with Crippen molar-refractivity contribution in [3.05, 3.63) is 215 Å². The zero-order valence-corrected chi connectivity index (χ0v) is 23.7. The highest BCUT2D eigenvalue weighted by atomic mass is 16.5. The van der Waals surface area contributed by atoms with E-state index in [4.69, 9.17) is 9.47 Å². The fourth-order valence-electron chi connectivity index (χ4n) is 4.78. The van der Waals surface area contributed by atoms with Crippen molar-refractivity contribution in [3.63, 3.8) is 0 Å². The Bertz CT molecular complexity index is 1340. The molecule has 0 spiro atoms. The molecule has 0 N–H and O–H groups in total. The van der Waals surface area contributed by atoms with Crippen LogP contribution in [0.2, 0.25) is 0 Å². The zero-order chi connectivity index (χ0) is 28.7. The molecule has 0 heterocycles. The Hall–Kier alpha value is -4.76. The summed E-state index contributed by atoms with van der Waals surface area (Å²) in [7, 11) is 0. The van der Waals surface area contributed by atoms with E-state index in [9.17, 15) is 0 Å². The number of rotatable bonds is 10. The van der Waals surface area contributed by atoms with Crippen LogP contribution in [0.5, 0.6) is 0 Å². The molecular formula is C40H36O2. The van der Waals surface area contributed by atoms with Gasteiger partial charge in [-0.3, -0.25) is 0 Å². The summed E-state index contributed by atoms with van der Waals surface area (Å²) in [6.45, 7) is 1.35. The summed E-state index contributed by atoms with van der Waals surface area (Å²) < 4.78 is 12.4. The molecule has 6 rings (SSSR count). The summed E-state index contributed by atoms with van der Waals surface area (Å²) in [6, 6.07) is 62.1. The van der Waals surface area contributed by atoms with Gasteiger partial charge in [0.25, 0.3) is 0 Å². The Labute approximate surface area is 249 Å². The van der Waals surface area contributed by atoms with Crippen molar-refractivity contribution in [2.75, 3.05) is 0 Å². The number of ether oxygens (including phenoxy) is 2. The largest absolute Gasteiger partial charge is 0.372 e. The van der Waals surface area contributed by atoms with Crippen LogP contribution in [0.1, 0.15) is 45.6 Å². The molecule has 42 heavy (non-hydrogen) atoms. The van der Waals surface area contributed by atoms with E-state index >= 15 is 0 Å². The van der Waals surface area contributed by atoms with Crippen LogP contribution < -0.4 is 0 Å². The van der Waals surface area contributed by atoms with Gasteiger partial charge >= 0.3 is 0 Å². The summed E-state index contributed by atoms with van der Waals surface area (Å²) in [5.41, 5.74) is 7.05. The first-order chi connectivity index (χ1) is 20.9. The van der Waals surface area contributed by atoms with Gasteiger partial charge in [-0.15, -0.1) is 0 Å². The normalized spacial score (nSPS) is 10.7. The molecule has 6 aromatic carbocycles. The monoisotopic (exact) mass is 548 g/mol. The summed E-state index contributed by atoms with van der Waals surface area (Å²) >= 11 is 0. The van der Waals surface area contributed by atoms with Gasteiger partial charge < -0.3 is 9.47 Å². The highest BCUT2D eigenvalue weighted by molar-refractivity contribution is 5.34. The van der Waals surface area contributed by atoms with Crippen molar-refractivity contribution in [2.45, 2.75) is 25.4 Å². The summed E-state index contributed by atoms with van der Waals surface area (Å²) in [5, 5.41) is 0. The maximum absolute atomic E-state index is 6.79. The lowest BCUT2D eigenvalue weighted by Gasteiger charge is -2.26. The Morgan fingerprint density at radius 2 is 0.548 bits per heavy atom. The smallest absolute Gasteiger partial charge is 0.109 e. The van der Waals surface area contributed by atoms with Crippen LogP contribution in [-0.4, -0.2) is 0 Å². The molecule has 6 aromatic rings. The summed E-state index contributed by atoms with van der Waals surface area (Å²) in [4.78, 5) is 0. The molecule has 0 aliphatic carbocycles. The minimum atomic E-state index is -0.141. The molecule has 0 fully saturated rings. The molecule has 0 saturated carbocycles. The molecule has 0 aromatic heterocycles. The highest BCUT2D eigenvalue weighted by Crippen LogP contribution is 2.35. The van der Waals surface area contributed by atoms with E-state index < -0.39 is 0 Å². The van der Waals surface area contributed by atoms with Gasteiger partial charge in [-0.25, -0.2) is 0 Å². The van der Waals surface area contributed by atoms with Crippen LogP contribution in [0.15, 0.2) is 182 Å². The lowest BCUT2D eigenvalue weighted by atomic mass is 9.98. The Kier molecular flexibility index (Phi) is 10.9. The third-order valence-electron chi connectivity index (χ3n) is 6.90. The molecule has 0 atom stereocenters. The molecule has 0 radical (unpaired) electrons. The van der Waals surface area contributed by atoms with Crippen molar-refractivity contribution in [1.29, 1.82) is 0 Å². The van der Waals surface area contributed by atoms with Crippen molar-refractivity contribution in [2.24, 2.45) is 0 Å². The topological polar surface area (TPSA) is 18.5 Å². The second kappa shape index (κ2) is 15.9. The molecule has 0 aliphatic heterocycles. The molecular weight excluding hydrogens is 512 g/mol. The van der Waals surface area contributed by atoms with Crippen LogP contribution in [0, 0.1) is 0 Å². The van der Waals surface area contributed by atoms with Crippen LogP contribution >= 0.6 is 0 Å². The van der Waals surface area contributed by atoms with Gasteiger partial charge in [0.05, 0.1) is 13.2 Å². The van der Waals surface area contributed by atoms with Crippen LogP contribution in [-0.2, 0) is 22.7 Å². The molecule has 0 bridgehead atoms. The van der Waals surface area contributed by atoms with E-state index in [2.05, 4.69) is 121 Å². The predicted molar refractivity (Wildman–Crippen MR) is 172 cm³/mol. The maximum atomic E-state index is 6.79. The first kappa shape index (κ1) is 28.8. The molecule has 2 heteroatoms. The zero-order valence-electron chi connectivity index (χ0n) is 23.7. The summed E-state index contributed by atoms with van der Waals surface area (Å²) in [5.74, 6) is 0. The lowest BCUT2D eigenvalue weighted by Crippen LogP contribution is -2.13. The third kappa shape index (κ3) is 8.62. The Morgan fingerprint density at radius 1 is 0.310 bits per heavy atom. The first-order valence-electron chi connectivity index (χ1n) is 14.4. The van der Waals surface area contributed by atoms with Crippen LogP contribution in [0.4, 0.5) is 0 Å². The van der Waals surface area contributed by atoms with E-state index in [0.29, 0.717) is 13.2 Å². The molecule has 0 aliphatic rings. The van der Waals surface area contributed by atoms with Gasteiger partial charge in [-0.2, -0.15) is 0 Å². The first-order valence-corrected chi connectivity index (χ1v) is 14.4. The van der Waals surface area contributed by atoms with Gasteiger partial charge in [-0.1, -0.05) is 182 Å². The van der Waals surface area contributed by atoms with Gasteiger partial charge in [0.1, 0.15) is 12.2 Å². The van der Waals surface area contributed by atoms with E-state index in [1.165, 1.54) is 11.1 Å². The molecule has 2 nitrogen and oxygen atoms in total. The van der Waals surface area contributed by atoms with E-state index in [0.717, 1.165) is 22.3 Å². The average molecular weight is 549 g/mol. The van der Waals surface area contributed by atoms with Crippen molar-refractivity contribution < 1.29 is 9.47 Å². The number of hydrogen-bond donors (Lipinski definition) is 0. The van der Waals surface area contributed by atoms with Crippen LogP contribution in [0.3, 0.4) is 0 Å². The highest BCUT2D eigenvalue weighted by Gasteiger charge is 2.22. The molecule has 0 unspecified atom stereocenters. The van der Waals surface area contributed by atoms with Gasteiger partial charge in [0.2, 0.25) is 0 Å². The third-order valence-corrected chi connectivity index (χ3v) is 6.90. The number of hydrogen-bond acceptors (Lipinski definition) is 2. The van der Waals surface area contributed by atoms with Gasteiger partial charge in [0, 0.05) is 0 Å². The van der Waals surface area contributed by atoms with E-state index in [-0.39, 0.29) is 12.2 Å². The number of benzene rings is 6. The van der Waals surface area contributed by atoms with Crippen molar-refractivity contribution >= 4 is 0 Å². The average Bonchev–Trinajstić information content (AvgIpc) is 3.08. The van der Waals surface area contributed by atoms with E-state index in [1.807, 2.05) is 60.7 Å². The minimum Gasteiger partial charge on any atom is -0.372 e. The predicted octanol–water partition coefficient (Wildman–Crippen LogP) is 9.99. The lowest BCUT2D eigenvalue weighted by molar-refractivity contribution is 0.0308. The van der Waals surface area contributed by atoms with Gasteiger partial charge in [-0.05, 0) is 33.4 Å². The maximum Gasteiger partial charge on any atom is 0.109 e. The van der Waals surface area contributed by atoms with Crippen molar-refractivity contribution in [1.82, 2.24) is 0 Å². The second-order valence-electron chi connectivity index (χ2n) is 10.0. The molecule has 208 valence electrons. The quantitative estimate of drug-likeness (QED) is 0.170. The van der Waals surface area contributed by atoms with Gasteiger partial charge in [0.15, 0.2) is 0 Å². The van der Waals surface area contributed by atoms with E-state index in [1.54, 1.807) is 0 Å². The Morgan fingerprint density at radius 3 is 0.810 bits per heavy atom. The standard InChI is InChI=1S/C26H22O.C14H14O/c1-5-13-21(14-6-1)25(22-15-7-2-8-16-22)27-26(23-17-9-3-10-18-23)24-19-11-4-12-20-24;1-3-7-13(8-4-1)11-15-12-14-9-5-2-6-10-14/h1-20,25-26H;1-10H,11-12H2. The minimum absolute atomic E-state index is 0.141. The second-order valence-corrected chi connectivity index (χ2v) is 10.0. The fourth-order valence-corrected chi connectivity index (χ4v) is 4.78. The Balaban J connectivity index is 0.000000199. The fraction of sp³-hybridized carbons (Fsp3) is 0.100. The van der Waals surface area contributed by atoms with Crippen LogP contribution in [0.25, 0.3) is 0 Å². The molecule has 0 saturated heterocycles. The summed E-state index contributed by atoms with van der Waals surface area (Å²) in [6.07, 6.45) is -0.282. The van der Waals surface area contributed by atoms with Crippen molar-refractivity contribution in [3.8, 4) is 0 Å². The SMILES string of the molecule is c1ccc(C(OC(c2ccccc2)c2ccccc2)c2ccccc2)cc1.c1ccc(COCc2ccccc2)cc1. The molecule has 0 amide bonds.